The van der Waals surface area contributed by atoms with Gasteiger partial charge in [0.1, 0.15) is 10.7 Å². The van der Waals surface area contributed by atoms with Crippen LogP contribution in [-0.2, 0) is 23.0 Å². The summed E-state index contributed by atoms with van der Waals surface area (Å²) in [5.41, 5.74) is 5.55. The van der Waals surface area contributed by atoms with E-state index in [9.17, 15) is 22.4 Å². The van der Waals surface area contributed by atoms with Gasteiger partial charge in [-0.05, 0) is 24.3 Å². The number of nitrogens with one attached hydrogen (secondary N) is 2. The van der Waals surface area contributed by atoms with Gasteiger partial charge in [-0.1, -0.05) is 6.07 Å². The Kier molecular flexibility index (Phi) is 5.25. The van der Waals surface area contributed by atoms with Gasteiger partial charge in [0.15, 0.2) is 5.82 Å². The Morgan fingerprint density at radius 3 is 2.74 bits per heavy atom. The van der Waals surface area contributed by atoms with Crippen molar-refractivity contribution in [2.45, 2.75) is 17.9 Å². The topological polar surface area (TPSA) is 151 Å². The molecule has 3 heterocycles. The van der Waals surface area contributed by atoms with Crippen LogP contribution in [0.2, 0.25) is 0 Å². The van der Waals surface area contributed by atoms with Crippen LogP contribution in [-0.4, -0.2) is 46.3 Å². The molecule has 1 aliphatic rings. The van der Waals surface area contributed by atoms with Gasteiger partial charge in [-0.2, -0.15) is 9.40 Å². The zero-order chi connectivity index (χ0) is 22.2. The second kappa shape index (κ2) is 7.89. The monoisotopic (exact) mass is 444 g/mol. The van der Waals surface area contributed by atoms with Crippen LogP contribution >= 0.6 is 0 Å². The molecule has 0 fully saturated rings. The lowest BCUT2D eigenvalue weighted by Gasteiger charge is -2.26. The number of nitrogens with zero attached hydrogens (tertiary/aromatic N) is 3. The van der Waals surface area contributed by atoms with E-state index in [2.05, 4.69) is 20.5 Å². The molecule has 31 heavy (non-hydrogen) atoms. The molecule has 0 saturated heterocycles. The summed E-state index contributed by atoms with van der Waals surface area (Å²) in [6, 6.07) is 6.51. The average Bonchev–Trinajstić information content (AvgIpc) is 3.16. The molecule has 2 amide bonds. The van der Waals surface area contributed by atoms with Gasteiger partial charge < -0.3 is 11.1 Å². The minimum absolute atomic E-state index is 0.0461. The highest BCUT2D eigenvalue weighted by molar-refractivity contribution is 7.89. The van der Waals surface area contributed by atoms with Crippen molar-refractivity contribution in [1.82, 2.24) is 19.5 Å². The zero-order valence-corrected chi connectivity index (χ0v) is 16.8. The summed E-state index contributed by atoms with van der Waals surface area (Å²) >= 11 is 0. The number of aromatic nitrogens is 3. The second-order valence-corrected chi connectivity index (χ2v) is 8.73. The minimum Gasteiger partial charge on any atom is -0.366 e. The molecule has 10 nitrogen and oxygen atoms in total. The van der Waals surface area contributed by atoms with Crippen LogP contribution in [0.15, 0.2) is 47.6 Å². The summed E-state index contributed by atoms with van der Waals surface area (Å²) in [7, 11) is -3.81. The van der Waals surface area contributed by atoms with E-state index in [1.165, 1.54) is 41.0 Å². The molecule has 0 saturated carbocycles. The number of aromatic amines is 1. The van der Waals surface area contributed by atoms with Gasteiger partial charge in [-0.25, -0.2) is 12.8 Å². The van der Waals surface area contributed by atoms with Crippen LogP contribution in [0.3, 0.4) is 0 Å². The Labute approximate surface area is 176 Å². The van der Waals surface area contributed by atoms with Gasteiger partial charge in [-0.3, -0.25) is 19.7 Å². The Morgan fingerprint density at radius 1 is 1.23 bits per heavy atom. The first-order valence-corrected chi connectivity index (χ1v) is 10.6. The summed E-state index contributed by atoms with van der Waals surface area (Å²) in [6.07, 6.45) is 3.07. The maximum atomic E-state index is 14.2. The summed E-state index contributed by atoms with van der Waals surface area (Å²) in [6.45, 7) is 0.150. The highest BCUT2D eigenvalue weighted by Gasteiger charge is 2.32. The molecule has 1 aliphatic heterocycles. The van der Waals surface area contributed by atoms with Crippen molar-refractivity contribution >= 4 is 27.7 Å². The maximum absolute atomic E-state index is 14.2. The van der Waals surface area contributed by atoms with Gasteiger partial charge in [0.2, 0.25) is 15.9 Å². The number of pyridine rings is 1. The number of halogens is 1. The van der Waals surface area contributed by atoms with Gasteiger partial charge >= 0.3 is 0 Å². The number of hydrogen-bond acceptors (Lipinski definition) is 6. The number of hydrogen-bond donors (Lipinski definition) is 3. The standard InChI is InChI=1S/C19H17FN6O4S/c20-14-5-1-4-12(17(21)27)16(14)19(28)23-18-13-10-26(8-6-15(13)24-25-18)31(29,30)11-3-2-7-22-9-11/h1-5,7,9H,6,8,10H2,(H2,21,27)(H2,23,24,25,28). The molecular weight excluding hydrogens is 427 g/mol. The van der Waals surface area contributed by atoms with E-state index in [-0.39, 0.29) is 29.4 Å². The quantitative estimate of drug-likeness (QED) is 0.535. The van der Waals surface area contributed by atoms with E-state index >= 15 is 0 Å². The number of nitrogens with two attached hydrogens (primary N) is 1. The molecule has 160 valence electrons. The number of benzene rings is 1. The Bertz CT molecular complexity index is 1280. The number of carbonyl (C=O) groups is 2. The molecule has 0 aliphatic carbocycles. The number of amides is 2. The first-order valence-electron chi connectivity index (χ1n) is 9.15. The maximum Gasteiger partial charge on any atom is 0.260 e. The van der Waals surface area contributed by atoms with Crippen LogP contribution in [0, 0.1) is 5.82 Å². The van der Waals surface area contributed by atoms with Crippen molar-refractivity contribution in [1.29, 1.82) is 0 Å². The van der Waals surface area contributed by atoms with Gasteiger partial charge in [-0.15, -0.1) is 0 Å². The van der Waals surface area contributed by atoms with Crippen molar-refractivity contribution in [3.63, 3.8) is 0 Å². The van der Waals surface area contributed by atoms with Crippen LogP contribution in [0.4, 0.5) is 10.2 Å². The fourth-order valence-corrected chi connectivity index (χ4v) is 4.73. The van der Waals surface area contributed by atoms with Crippen LogP contribution in [0.5, 0.6) is 0 Å². The van der Waals surface area contributed by atoms with E-state index in [1.807, 2.05) is 0 Å². The number of rotatable bonds is 5. The Morgan fingerprint density at radius 2 is 2.03 bits per heavy atom. The van der Waals surface area contributed by atoms with Crippen LogP contribution in [0.25, 0.3) is 0 Å². The largest absolute Gasteiger partial charge is 0.366 e. The van der Waals surface area contributed by atoms with Gasteiger partial charge in [0, 0.05) is 43.2 Å². The number of primary amides is 1. The third-order valence-electron chi connectivity index (χ3n) is 4.91. The first-order chi connectivity index (χ1) is 14.8. The van der Waals surface area contributed by atoms with E-state index in [4.69, 9.17) is 5.73 Å². The molecular formula is C19H17FN6O4S. The molecule has 12 heteroatoms. The lowest BCUT2D eigenvalue weighted by molar-refractivity contribution is 0.0974. The fraction of sp³-hybridized carbons (Fsp3) is 0.158. The van der Waals surface area contributed by atoms with Crippen molar-refractivity contribution in [3.05, 3.63) is 70.9 Å². The summed E-state index contributed by atoms with van der Waals surface area (Å²) in [4.78, 5) is 28.2. The molecule has 2 aromatic heterocycles. The van der Waals surface area contributed by atoms with Crippen molar-refractivity contribution < 1.29 is 22.4 Å². The van der Waals surface area contributed by atoms with E-state index < -0.39 is 33.2 Å². The predicted molar refractivity (Wildman–Crippen MR) is 107 cm³/mol. The van der Waals surface area contributed by atoms with Crippen molar-refractivity contribution in [3.8, 4) is 0 Å². The lowest BCUT2D eigenvalue weighted by atomic mass is 10.1. The summed E-state index contributed by atoms with van der Waals surface area (Å²) in [5, 5.41) is 9.24. The molecule has 0 unspecified atom stereocenters. The Hall–Kier alpha value is -3.64. The summed E-state index contributed by atoms with van der Waals surface area (Å²) in [5.74, 6) is -2.75. The molecule has 0 bridgehead atoms. The average molecular weight is 444 g/mol. The predicted octanol–water partition coefficient (Wildman–Crippen LogP) is 1.04. The molecule has 1 aromatic carbocycles. The van der Waals surface area contributed by atoms with Crippen molar-refractivity contribution in [2.24, 2.45) is 5.73 Å². The Balaban J connectivity index is 1.62. The zero-order valence-electron chi connectivity index (χ0n) is 16.0. The van der Waals surface area contributed by atoms with Gasteiger partial charge in [0.25, 0.3) is 5.91 Å². The lowest BCUT2D eigenvalue weighted by Crippen LogP contribution is -2.36. The molecule has 4 N–H and O–H groups in total. The van der Waals surface area contributed by atoms with E-state index in [0.717, 1.165) is 6.07 Å². The number of H-pyrrole nitrogens is 1. The smallest absolute Gasteiger partial charge is 0.260 e. The second-order valence-electron chi connectivity index (χ2n) is 6.79. The normalized spacial score (nSPS) is 14.1. The molecule has 0 radical (unpaired) electrons. The molecule has 0 spiro atoms. The highest BCUT2D eigenvalue weighted by atomic mass is 32.2. The minimum atomic E-state index is -3.81. The first kappa shape index (κ1) is 20.6. The molecule has 3 aromatic rings. The SMILES string of the molecule is NC(=O)c1cccc(F)c1C(=O)Nc1n[nH]c2c1CN(S(=O)(=O)c1cccnc1)CC2. The van der Waals surface area contributed by atoms with Crippen LogP contribution in [0.1, 0.15) is 32.0 Å². The van der Waals surface area contributed by atoms with E-state index in [0.29, 0.717) is 17.7 Å². The highest BCUT2D eigenvalue weighted by Crippen LogP contribution is 2.28. The third kappa shape index (κ3) is 3.78. The number of carbonyl (C=O) groups excluding carboxylic acids is 2. The van der Waals surface area contributed by atoms with Crippen molar-refractivity contribution in [2.75, 3.05) is 11.9 Å². The fourth-order valence-electron chi connectivity index (χ4n) is 3.36. The third-order valence-corrected chi connectivity index (χ3v) is 6.74. The molecule has 0 atom stereocenters. The van der Waals surface area contributed by atoms with E-state index in [1.54, 1.807) is 0 Å². The van der Waals surface area contributed by atoms with Gasteiger partial charge in [0.05, 0.1) is 11.1 Å². The van der Waals surface area contributed by atoms with Crippen LogP contribution < -0.4 is 11.1 Å². The summed E-state index contributed by atoms with van der Waals surface area (Å²) < 4.78 is 41.3. The number of anilines is 1. The number of fused-ring (bicyclic) bond motifs is 1. The molecule has 4 rings (SSSR count). The number of sulfonamides is 1.